The summed E-state index contributed by atoms with van der Waals surface area (Å²) < 4.78 is 3.93. The van der Waals surface area contributed by atoms with E-state index in [1.165, 1.54) is 10.9 Å². The van der Waals surface area contributed by atoms with Crippen LogP contribution in [0.1, 0.15) is 16.1 Å². The fourth-order valence-corrected chi connectivity index (χ4v) is 2.80. The summed E-state index contributed by atoms with van der Waals surface area (Å²) in [7, 11) is 1.78. The maximum atomic E-state index is 12.7. The van der Waals surface area contributed by atoms with Gasteiger partial charge in [-0.2, -0.15) is 0 Å². The minimum absolute atomic E-state index is 0.256. The van der Waals surface area contributed by atoms with Gasteiger partial charge in [0, 0.05) is 23.9 Å². The summed E-state index contributed by atoms with van der Waals surface area (Å²) in [6, 6.07) is 10.9. The second kappa shape index (κ2) is 6.45. The highest BCUT2D eigenvalue weighted by atomic mass is 79.9. The zero-order valence-corrected chi connectivity index (χ0v) is 14.7. The predicted molar refractivity (Wildman–Crippen MR) is 95.6 cm³/mol. The number of halogens is 1. The van der Waals surface area contributed by atoms with Gasteiger partial charge in [0.25, 0.3) is 11.5 Å². The molecule has 0 saturated heterocycles. The predicted octanol–water partition coefficient (Wildman–Crippen LogP) is 2.89. The van der Waals surface area contributed by atoms with Gasteiger partial charge in [0.2, 0.25) is 0 Å². The third-order valence-electron chi connectivity index (χ3n) is 3.76. The Balaban J connectivity index is 2.01. The number of hydrogen-bond acceptors (Lipinski definition) is 3. The Morgan fingerprint density at radius 2 is 1.92 bits per heavy atom. The average Bonchev–Trinajstić information content (AvgIpc) is 2.79. The second-order valence-electron chi connectivity index (χ2n) is 5.28. The number of rotatable bonds is 3. The van der Waals surface area contributed by atoms with Gasteiger partial charge in [-0.15, -0.1) is 0 Å². The highest BCUT2D eigenvalue weighted by Crippen LogP contribution is 2.16. The van der Waals surface area contributed by atoms with Gasteiger partial charge in [-0.3, -0.25) is 19.3 Å². The number of carbonyl (C=O) groups is 1. The molecular weight excluding hydrogens is 372 g/mol. The molecule has 0 fully saturated rings. The minimum Gasteiger partial charge on any atom is -0.316 e. The summed E-state index contributed by atoms with van der Waals surface area (Å²) in [4.78, 5) is 29.1. The van der Waals surface area contributed by atoms with Crippen molar-refractivity contribution in [1.29, 1.82) is 0 Å². The highest BCUT2D eigenvalue weighted by Gasteiger charge is 2.18. The van der Waals surface area contributed by atoms with Gasteiger partial charge in [0.15, 0.2) is 0 Å². The van der Waals surface area contributed by atoms with Crippen LogP contribution in [0.15, 0.2) is 58.1 Å². The smallest absolute Gasteiger partial charge is 0.295 e. The van der Waals surface area contributed by atoms with Gasteiger partial charge in [0.05, 0.1) is 16.9 Å². The van der Waals surface area contributed by atoms with E-state index in [2.05, 4.69) is 26.2 Å². The van der Waals surface area contributed by atoms with Gasteiger partial charge in [0.1, 0.15) is 5.69 Å². The first kappa shape index (κ1) is 16.2. The number of amides is 1. The van der Waals surface area contributed by atoms with Crippen molar-refractivity contribution in [2.75, 3.05) is 5.32 Å². The Bertz CT molecular complexity index is 960. The quantitative estimate of drug-likeness (QED) is 0.752. The van der Waals surface area contributed by atoms with Crippen LogP contribution in [0, 0.1) is 6.92 Å². The van der Waals surface area contributed by atoms with Crippen molar-refractivity contribution in [3.8, 4) is 5.69 Å². The Morgan fingerprint density at radius 3 is 2.58 bits per heavy atom. The Labute approximate surface area is 146 Å². The molecule has 3 aromatic rings. The summed E-state index contributed by atoms with van der Waals surface area (Å²) in [6.07, 6.45) is 3.04. The lowest BCUT2D eigenvalue weighted by molar-refractivity contribution is 0.102. The molecule has 2 aromatic heterocycles. The monoisotopic (exact) mass is 386 g/mol. The van der Waals surface area contributed by atoms with Crippen LogP contribution in [0.3, 0.4) is 0 Å². The molecule has 0 aliphatic heterocycles. The first-order valence-electron chi connectivity index (χ1n) is 7.25. The van der Waals surface area contributed by atoms with E-state index in [9.17, 15) is 9.59 Å². The summed E-state index contributed by atoms with van der Waals surface area (Å²) in [6.45, 7) is 1.79. The first-order valence-corrected chi connectivity index (χ1v) is 8.04. The normalized spacial score (nSPS) is 10.6. The van der Waals surface area contributed by atoms with Crippen LogP contribution in [0.5, 0.6) is 0 Å². The van der Waals surface area contributed by atoms with Crippen molar-refractivity contribution in [2.24, 2.45) is 7.05 Å². The lowest BCUT2D eigenvalue weighted by Gasteiger charge is -2.07. The Morgan fingerprint density at radius 1 is 1.21 bits per heavy atom. The molecule has 1 aromatic carbocycles. The number of nitrogens with zero attached hydrogens (tertiary/aromatic N) is 3. The van der Waals surface area contributed by atoms with E-state index in [-0.39, 0.29) is 17.2 Å². The van der Waals surface area contributed by atoms with Crippen molar-refractivity contribution < 1.29 is 4.79 Å². The second-order valence-corrected chi connectivity index (χ2v) is 6.20. The molecule has 0 aliphatic rings. The SMILES string of the molecule is Cc1c(NC(=O)c2cncc(Br)c2)c(=O)n(-c2ccccc2)n1C. The summed E-state index contributed by atoms with van der Waals surface area (Å²) >= 11 is 3.28. The zero-order valence-electron chi connectivity index (χ0n) is 13.2. The molecule has 3 rings (SSSR count). The highest BCUT2D eigenvalue weighted by molar-refractivity contribution is 9.10. The first-order chi connectivity index (χ1) is 11.5. The largest absolute Gasteiger partial charge is 0.316 e. The molecule has 7 heteroatoms. The van der Waals surface area contributed by atoms with Crippen molar-refractivity contribution in [1.82, 2.24) is 14.3 Å². The molecule has 1 amide bonds. The van der Waals surface area contributed by atoms with E-state index in [1.54, 1.807) is 30.9 Å². The standard InChI is InChI=1S/C17H15BrN4O2/c1-11-15(20-16(23)12-8-13(18)10-19-9-12)17(24)22(21(11)2)14-6-4-3-5-7-14/h3-10H,1-2H3,(H,20,23). The van der Waals surface area contributed by atoms with E-state index in [4.69, 9.17) is 0 Å². The Kier molecular flexibility index (Phi) is 4.35. The maximum Gasteiger partial charge on any atom is 0.295 e. The zero-order chi connectivity index (χ0) is 17.3. The van der Waals surface area contributed by atoms with Crippen molar-refractivity contribution in [3.05, 3.63) is 74.9 Å². The van der Waals surface area contributed by atoms with Crippen molar-refractivity contribution >= 4 is 27.5 Å². The number of hydrogen-bond donors (Lipinski definition) is 1. The van der Waals surface area contributed by atoms with E-state index in [1.807, 2.05) is 30.3 Å². The molecule has 0 atom stereocenters. The van der Waals surface area contributed by atoms with E-state index in [0.717, 1.165) is 5.69 Å². The van der Waals surface area contributed by atoms with Gasteiger partial charge < -0.3 is 5.32 Å². The van der Waals surface area contributed by atoms with Crippen LogP contribution in [-0.4, -0.2) is 20.3 Å². The molecule has 6 nitrogen and oxygen atoms in total. The number of carbonyl (C=O) groups excluding carboxylic acids is 1. The molecular formula is C17H15BrN4O2. The molecule has 0 bridgehead atoms. The fraction of sp³-hybridized carbons (Fsp3) is 0.118. The van der Waals surface area contributed by atoms with Crippen LogP contribution in [0.4, 0.5) is 5.69 Å². The number of anilines is 1. The minimum atomic E-state index is -0.380. The number of nitrogens with one attached hydrogen (secondary N) is 1. The number of aromatic nitrogens is 3. The van der Waals surface area contributed by atoms with E-state index >= 15 is 0 Å². The fourth-order valence-electron chi connectivity index (χ4n) is 2.43. The van der Waals surface area contributed by atoms with Crippen molar-refractivity contribution in [2.45, 2.75) is 6.92 Å². The average molecular weight is 387 g/mol. The third kappa shape index (κ3) is 2.90. The van der Waals surface area contributed by atoms with Crippen LogP contribution >= 0.6 is 15.9 Å². The van der Waals surface area contributed by atoms with E-state index in [0.29, 0.717) is 15.7 Å². The molecule has 1 N–H and O–H groups in total. The van der Waals surface area contributed by atoms with Gasteiger partial charge >= 0.3 is 0 Å². The molecule has 2 heterocycles. The molecule has 122 valence electrons. The topological polar surface area (TPSA) is 68.9 Å². The van der Waals surface area contributed by atoms with Crippen molar-refractivity contribution in [3.63, 3.8) is 0 Å². The molecule has 0 spiro atoms. The Hall–Kier alpha value is -2.67. The summed E-state index contributed by atoms with van der Waals surface area (Å²) in [5.74, 6) is -0.380. The van der Waals surface area contributed by atoms with E-state index < -0.39 is 0 Å². The maximum absolute atomic E-state index is 12.7. The molecule has 0 aliphatic carbocycles. The number of benzene rings is 1. The lowest BCUT2D eigenvalue weighted by Crippen LogP contribution is -2.23. The third-order valence-corrected chi connectivity index (χ3v) is 4.19. The molecule has 24 heavy (non-hydrogen) atoms. The van der Waals surface area contributed by atoms with Gasteiger partial charge in [-0.1, -0.05) is 18.2 Å². The van der Waals surface area contributed by atoms with Crippen LogP contribution in [0.2, 0.25) is 0 Å². The van der Waals surface area contributed by atoms with Gasteiger partial charge in [-0.25, -0.2) is 4.68 Å². The number of para-hydroxylation sites is 1. The number of pyridine rings is 1. The molecule has 0 unspecified atom stereocenters. The van der Waals surface area contributed by atoms with Gasteiger partial charge in [-0.05, 0) is 41.1 Å². The summed E-state index contributed by atoms with van der Waals surface area (Å²) in [5, 5.41) is 2.70. The molecule has 0 saturated carbocycles. The molecule has 0 radical (unpaired) electrons. The van der Waals surface area contributed by atoms with Crippen LogP contribution in [-0.2, 0) is 7.05 Å². The van der Waals surface area contributed by atoms with Crippen LogP contribution < -0.4 is 10.9 Å². The lowest BCUT2D eigenvalue weighted by atomic mass is 10.2. The van der Waals surface area contributed by atoms with Crippen LogP contribution in [0.25, 0.3) is 5.69 Å². The summed E-state index contributed by atoms with van der Waals surface area (Å²) in [5.41, 5.74) is 1.75.